The summed E-state index contributed by atoms with van der Waals surface area (Å²) in [5.41, 5.74) is 2.70. The van der Waals surface area contributed by atoms with E-state index in [1.54, 1.807) is 18.3 Å². The molecule has 4 nitrogen and oxygen atoms in total. The van der Waals surface area contributed by atoms with Crippen LogP contribution < -0.4 is 4.74 Å². The summed E-state index contributed by atoms with van der Waals surface area (Å²) < 4.78 is 5.82. The van der Waals surface area contributed by atoms with Gasteiger partial charge in [0, 0.05) is 16.7 Å². The smallest absolute Gasteiger partial charge is 0.159 e. The van der Waals surface area contributed by atoms with Crippen LogP contribution in [0.4, 0.5) is 0 Å². The number of benzene rings is 2. The molecule has 0 radical (unpaired) electrons. The molecule has 1 heterocycles. The molecule has 0 aliphatic rings. The minimum absolute atomic E-state index is 0.0628. The van der Waals surface area contributed by atoms with E-state index in [1.807, 2.05) is 48.5 Å². The number of carbonyl (C=O) groups excluding carboxylic acids is 1. The fourth-order valence-electron chi connectivity index (χ4n) is 2.89. The van der Waals surface area contributed by atoms with E-state index in [4.69, 9.17) is 4.74 Å². The van der Waals surface area contributed by atoms with Crippen molar-refractivity contribution in [3.8, 4) is 26.9 Å². The summed E-state index contributed by atoms with van der Waals surface area (Å²) in [5, 5.41) is 10.3. The average Bonchev–Trinajstić information content (AvgIpc) is 3.21. The second-order valence-electron chi connectivity index (χ2n) is 6.83. The normalized spacial score (nSPS) is 10.8. The van der Waals surface area contributed by atoms with Gasteiger partial charge in [0.15, 0.2) is 5.78 Å². The molecular weight excluding hydrogens is 368 g/mol. The number of ketones is 1. The highest BCUT2D eigenvalue weighted by Crippen LogP contribution is 2.31. The van der Waals surface area contributed by atoms with Crippen molar-refractivity contribution in [2.75, 3.05) is 6.61 Å². The van der Waals surface area contributed by atoms with E-state index in [2.05, 4.69) is 17.1 Å². The van der Waals surface area contributed by atoms with Gasteiger partial charge in [-0.15, -0.1) is 10.2 Å². The van der Waals surface area contributed by atoms with E-state index in [9.17, 15) is 4.79 Å². The molecule has 0 aliphatic heterocycles. The molecule has 0 aliphatic carbocycles. The van der Waals surface area contributed by atoms with Crippen LogP contribution in [-0.2, 0) is 0 Å². The SMILES string of the molecule is CCCCCCCOc1ccc(-c2nnc(-c3ccc(C(C)=O)cc3)s2)cc1. The minimum atomic E-state index is 0.0628. The lowest BCUT2D eigenvalue weighted by molar-refractivity contribution is 0.101. The van der Waals surface area contributed by atoms with E-state index in [0.717, 1.165) is 39.9 Å². The Morgan fingerprint density at radius 1 is 0.857 bits per heavy atom. The second kappa shape index (κ2) is 10.1. The molecular formula is C23H26N2O2S. The van der Waals surface area contributed by atoms with E-state index in [-0.39, 0.29) is 5.78 Å². The molecule has 0 spiro atoms. The third-order valence-corrected chi connectivity index (χ3v) is 5.60. The van der Waals surface area contributed by atoms with Crippen LogP contribution in [0.5, 0.6) is 5.75 Å². The first kappa shape index (κ1) is 20.2. The Hall–Kier alpha value is -2.53. The Labute approximate surface area is 170 Å². The fraction of sp³-hybridized carbons (Fsp3) is 0.348. The summed E-state index contributed by atoms with van der Waals surface area (Å²) >= 11 is 1.54. The standard InChI is InChI=1S/C23H26N2O2S/c1-3-4-5-6-7-16-27-21-14-12-20(13-15-21)23-25-24-22(28-23)19-10-8-18(9-11-19)17(2)26/h8-15H,3-7,16H2,1-2H3. The summed E-state index contributed by atoms with van der Waals surface area (Å²) in [6.45, 7) is 4.56. The van der Waals surface area contributed by atoms with Gasteiger partial charge in [0.2, 0.25) is 0 Å². The molecule has 0 amide bonds. The molecule has 146 valence electrons. The molecule has 0 unspecified atom stereocenters. The maximum absolute atomic E-state index is 11.4. The first-order chi connectivity index (χ1) is 13.7. The van der Waals surface area contributed by atoms with Crippen molar-refractivity contribution in [2.24, 2.45) is 0 Å². The van der Waals surface area contributed by atoms with Gasteiger partial charge in [-0.25, -0.2) is 0 Å². The Kier molecular flexibility index (Phi) is 7.31. The molecule has 0 N–H and O–H groups in total. The van der Waals surface area contributed by atoms with Crippen molar-refractivity contribution in [2.45, 2.75) is 46.0 Å². The van der Waals surface area contributed by atoms with Gasteiger partial charge in [0.25, 0.3) is 0 Å². The number of rotatable bonds is 10. The van der Waals surface area contributed by atoms with Crippen molar-refractivity contribution >= 4 is 17.1 Å². The number of Topliss-reactive ketones (excluding diaryl/α,β-unsaturated/α-hetero) is 1. The van der Waals surface area contributed by atoms with Gasteiger partial charge < -0.3 is 4.74 Å². The third-order valence-electron chi connectivity index (χ3n) is 4.58. The van der Waals surface area contributed by atoms with E-state index >= 15 is 0 Å². The number of nitrogens with zero attached hydrogens (tertiary/aromatic N) is 2. The van der Waals surface area contributed by atoms with Crippen LogP contribution in [0.2, 0.25) is 0 Å². The van der Waals surface area contributed by atoms with Crippen molar-refractivity contribution in [3.63, 3.8) is 0 Å². The molecule has 0 atom stereocenters. The summed E-state index contributed by atoms with van der Waals surface area (Å²) in [5.74, 6) is 0.955. The topological polar surface area (TPSA) is 52.1 Å². The van der Waals surface area contributed by atoms with Gasteiger partial charge in [-0.05, 0) is 37.6 Å². The van der Waals surface area contributed by atoms with Gasteiger partial charge in [-0.2, -0.15) is 0 Å². The summed E-state index contributed by atoms with van der Waals surface area (Å²) in [6.07, 6.45) is 6.19. The predicted molar refractivity (Wildman–Crippen MR) is 115 cm³/mol. The Morgan fingerprint density at radius 3 is 2.00 bits per heavy atom. The van der Waals surface area contributed by atoms with E-state index in [1.165, 1.54) is 25.7 Å². The average molecular weight is 395 g/mol. The van der Waals surface area contributed by atoms with Gasteiger partial charge in [-0.3, -0.25) is 4.79 Å². The van der Waals surface area contributed by atoms with Gasteiger partial charge >= 0.3 is 0 Å². The molecule has 3 aromatic rings. The van der Waals surface area contributed by atoms with Crippen molar-refractivity contribution in [1.82, 2.24) is 10.2 Å². The highest BCUT2D eigenvalue weighted by atomic mass is 32.1. The number of hydrogen-bond donors (Lipinski definition) is 0. The predicted octanol–water partition coefficient (Wildman–Crippen LogP) is 6.42. The number of carbonyl (C=O) groups is 1. The molecule has 0 fully saturated rings. The minimum Gasteiger partial charge on any atom is -0.494 e. The number of unbranched alkanes of at least 4 members (excludes halogenated alkanes) is 4. The largest absolute Gasteiger partial charge is 0.494 e. The van der Waals surface area contributed by atoms with E-state index < -0.39 is 0 Å². The van der Waals surface area contributed by atoms with Crippen LogP contribution in [-0.4, -0.2) is 22.6 Å². The maximum Gasteiger partial charge on any atom is 0.159 e. The molecule has 2 aromatic carbocycles. The summed E-state index contributed by atoms with van der Waals surface area (Å²) in [7, 11) is 0. The molecule has 3 rings (SSSR count). The van der Waals surface area contributed by atoms with Gasteiger partial charge in [-0.1, -0.05) is 68.2 Å². The van der Waals surface area contributed by atoms with Gasteiger partial charge in [0.1, 0.15) is 15.8 Å². The Balaban J connectivity index is 1.58. The monoisotopic (exact) mass is 394 g/mol. The second-order valence-corrected chi connectivity index (χ2v) is 7.81. The van der Waals surface area contributed by atoms with Crippen molar-refractivity contribution < 1.29 is 9.53 Å². The third kappa shape index (κ3) is 5.49. The van der Waals surface area contributed by atoms with Crippen molar-refractivity contribution in [3.05, 3.63) is 54.1 Å². The zero-order valence-electron chi connectivity index (χ0n) is 16.5. The zero-order valence-corrected chi connectivity index (χ0v) is 17.3. The van der Waals surface area contributed by atoms with Gasteiger partial charge in [0.05, 0.1) is 6.61 Å². The number of hydrogen-bond acceptors (Lipinski definition) is 5. The molecule has 28 heavy (non-hydrogen) atoms. The fourth-order valence-corrected chi connectivity index (χ4v) is 3.75. The Morgan fingerprint density at radius 2 is 1.43 bits per heavy atom. The Bertz CT molecular complexity index is 886. The summed E-state index contributed by atoms with van der Waals surface area (Å²) in [6, 6.07) is 15.5. The highest BCUT2D eigenvalue weighted by Gasteiger charge is 2.09. The van der Waals surface area contributed by atoms with Crippen LogP contribution >= 0.6 is 11.3 Å². The maximum atomic E-state index is 11.4. The quantitative estimate of drug-likeness (QED) is 0.294. The van der Waals surface area contributed by atoms with Crippen LogP contribution in [0.25, 0.3) is 21.1 Å². The van der Waals surface area contributed by atoms with Crippen molar-refractivity contribution in [1.29, 1.82) is 0 Å². The van der Waals surface area contributed by atoms with Crippen LogP contribution in [0.15, 0.2) is 48.5 Å². The number of ether oxygens (including phenoxy) is 1. The molecule has 0 saturated carbocycles. The van der Waals surface area contributed by atoms with E-state index in [0.29, 0.717) is 5.56 Å². The lowest BCUT2D eigenvalue weighted by Gasteiger charge is -2.06. The van der Waals surface area contributed by atoms with Crippen LogP contribution in [0.3, 0.4) is 0 Å². The molecule has 0 bridgehead atoms. The van der Waals surface area contributed by atoms with Crippen LogP contribution in [0.1, 0.15) is 56.3 Å². The highest BCUT2D eigenvalue weighted by molar-refractivity contribution is 7.17. The molecule has 1 aromatic heterocycles. The lowest BCUT2D eigenvalue weighted by atomic mass is 10.1. The zero-order chi connectivity index (χ0) is 19.8. The molecule has 5 heteroatoms. The van der Waals surface area contributed by atoms with Crippen LogP contribution in [0, 0.1) is 0 Å². The summed E-state index contributed by atoms with van der Waals surface area (Å²) in [4.78, 5) is 11.4. The number of aromatic nitrogens is 2. The lowest BCUT2D eigenvalue weighted by Crippen LogP contribution is -1.97. The molecule has 0 saturated heterocycles. The first-order valence-electron chi connectivity index (χ1n) is 9.85. The first-order valence-corrected chi connectivity index (χ1v) is 10.7.